The van der Waals surface area contributed by atoms with Crippen molar-refractivity contribution in [2.24, 2.45) is 5.92 Å². The second kappa shape index (κ2) is 8.28. The zero-order valence-electron chi connectivity index (χ0n) is 16.4. The van der Waals surface area contributed by atoms with Gasteiger partial charge in [-0.25, -0.2) is 4.98 Å². The summed E-state index contributed by atoms with van der Waals surface area (Å²) >= 11 is 0. The summed E-state index contributed by atoms with van der Waals surface area (Å²) in [5, 5.41) is 0. The lowest BCUT2D eigenvalue weighted by molar-refractivity contribution is -0.132. The van der Waals surface area contributed by atoms with Gasteiger partial charge in [-0.15, -0.1) is 0 Å². The van der Waals surface area contributed by atoms with Crippen molar-refractivity contribution in [3.63, 3.8) is 0 Å². The number of aromatic nitrogens is 2. The molecule has 2 aromatic rings. The lowest BCUT2D eigenvalue weighted by Gasteiger charge is -2.34. The maximum atomic E-state index is 12.6. The first-order chi connectivity index (χ1) is 13.2. The summed E-state index contributed by atoms with van der Waals surface area (Å²) in [4.78, 5) is 19.4. The van der Waals surface area contributed by atoms with E-state index in [1.165, 1.54) is 36.9 Å². The molecule has 2 fully saturated rings. The van der Waals surface area contributed by atoms with Crippen molar-refractivity contribution in [2.45, 2.75) is 64.3 Å². The Balaban J connectivity index is 1.37. The zero-order valence-corrected chi connectivity index (χ0v) is 16.4. The zero-order chi connectivity index (χ0) is 18.6. The van der Waals surface area contributed by atoms with Crippen LogP contribution in [-0.4, -0.2) is 33.4 Å². The standard InChI is InChI=1S/C23H31N3O/c1-18-17-24-23(20-9-3-2-4-10-20)26(18)21-13-15-25(16-14-21)22(27)12-11-19-7-5-6-8-19/h2-4,9-10,17,19,21H,5-8,11-16H2,1H3. The summed E-state index contributed by atoms with van der Waals surface area (Å²) in [7, 11) is 0. The Bertz CT molecular complexity index is 753. The highest BCUT2D eigenvalue weighted by molar-refractivity contribution is 5.76. The van der Waals surface area contributed by atoms with Crippen LogP contribution in [0.15, 0.2) is 36.5 Å². The van der Waals surface area contributed by atoms with Crippen molar-refractivity contribution < 1.29 is 4.79 Å². The van der Waals surface area contributed by atoms with Crippen molar-refractivity contribution in [2.75, 3.05) is 13.1 Å². The predicted octanol–water partition coefficient (Wildman–Crippen LogP) is 4.99. The molecule has 2 heterocycles. The monoisotopic (exact) mass is 365 g/mol. The molecule has 0 spiro atoms. The maximum Gasteiger partial charge on any atom is 0.222 e. The van der Waals surface area contributed by atoms with Crippen LogP contribution in [0.4, 0.5) is 0 Å². The average molecular weight is 366 g/mol. The van der Waals surface area contributed by atoms with Gasteiger partial charge in [0, 0.05) is 43.0 Å². The van der Waals surface area contributed by atoms with Crippen LogP contribution in [-0.2, 0) is 4.79 Å². The summed E-state index contributed by atoms with van der Waals surface area (Å²) in [5.74, 6) is 2.22. The third-order valence-corrected chi connectivity index (χ3v) is 6.44. The molecule has 27 heavy (non-hydrogen) atoms. The third-order valence-electron chi connectivity index (χ3n) is 6.44. The quantitative estimate of drug-likeness (QED) is 0.748. The first-order valence-electron chi connectivity index (χ1n) is 10.6. The molecule has 1 aromatic heterocycles. The first-order valence-corrected chi connectivity index (χ1v) is 10.6. The van der Waals surface area contributed by atoms with Crippen molar-refractivity contribution in [3.8, 4) is 11.4 Å². The molecule has 1 aromatic carbocycles. The van der Waals surface area contributed by atoms with E-state index in [9.17, 15) is 4.79 Å². The number of carbonyl (C=O) groups excluding carboxylic acids is 1. The molecule has 1 amide bonds. The minimum Gasteiger partial charge on any atom is -0.343 e. The van der Waals surface area contributed by atoms with E-state index in [0.29, 0.717) is 11.9 Å². The topological polar surface area (TPSA) is 38.1 Å². The summed E-state index contributed by atoms with van der Waals surface area (Å²) in [6.45, 7) is 3.89. The maximum absolute atomic E-state index is 12.6. The Morgan fingerprint density at radius 2 is 1.78 bits per heavy atom. The molecular formula is C23H31N3O. The summed E-state index contributed by atoms with van der Waals surface area (Å²) in [5.41, 5.74) is 2.38. The van der Waals surface area contributed by atoms with Crippen LogP contribution < -0.4 is 0 Å². The van der Waals surface area contributed by atoms with Gasteiger partial charge >= 0.3 is 0 Å². The first kappa shape index (κ1) is 18.3. The SMILES string of the molecule is Cc1cnc(-c2ccccc2)n1C1CCN(C(=O)CCC2CCCC2)CC1. The molecule has 1 saturated heterocycles. The highest BCUT2D eigenvalue weighted by Crippen LogP contribution is 2.31. The van der Waals surface area contributed by atoms with Crippen LogP contribution in [0.25, 0.3) is 11.4 Å². The molecule has 4 heteroatoms. The van der Waals surface area contributed by atoms with E-state index < -0.39 is 0 Å². The molecular weight excluding hydrogens is 334 g/mol. The van der Waals surface area contributed by atoms with Crippen molar-refractivity contribution >= 4 is 5.91 Å². The van der Waals surface area contributed by atoms with Crippen LogP contribution in [0.5, 0.6) is 0 Å². The lowest BCUT2D eigenvalue weighted by Crippen LogP contribution is -2.39. The molecule has 2 aliphatic rings. The number of aryl methyl sites for hydroxylation is 1. The number of rotatable bonds is 5. The van der Waals surface area contributed by atoms with Gasteiger partial charge in [-0.2, -0.15) is 0 Å². The highest BCUT2D eigenvalue weighted by Gasteiger charge is 2.27. The number of hydrogen-bond acceptors (Lipinski definition) is 2. The van der Waals surface area contributed by atoms with E-state index in [2.05, 4.69) is 45.6 Å². The predicted molar refractivity (Wildman–Crippen MR) is 108 cm³/mol. The summed E-state index contributed by atoms with van der Waals surface area (Å²) in [6.07, 6.45) is 11.2. The number of benzene rings is 1. The fourth-order valence-corrected chi connectivity index (χ4v) is 4.87. The molecule has 0 atom stereocenters. The van der Waals surface area contributed by atoms with Gasteiger partial charge in [0.25, 0.3) is 0 Å². The van der Waals surface area contributed by atoms with Gasteiger partial charge in [-0.1, -0.05) is 56.0 Å². The Morgan fingerprint density at radius 1 is 1.07 bits per heavy atom. The third kappa shape index (κ3) is 4.10. The normalized spacial score (nSPS) is 18.9. The van der Waals surface area contributed by atoms with E-state index in [0.717, 1.165) is 50.5 Å². The number of imidazole rings is 1. The van der Waals surface area contributed by atoms with Crippen molar-refractivity contribution in [3.05, 3.63) is 42.2 Å². The molecule has 1 saturated carbocycles. The summed E-state index contributed by atoms with van der Waals surface area (Å²) < 4.78 is 2.38. The van der Waals surface area contributed by atoms with E-state index in [1.807, 2.05) is 12.3 Å². The van der Waals surface area contributed by atoms with Gasteiger partial charge in [0.2, 0.25) is 5.91 Å². The molecule has 0 bridgehead atoms. The number of nitrogens with zero attached hydrogens (tertiary/aromatic N) is 3. The highest BCUT2D eigenvalue weighted by atomic mass is 16.2. The Labute approximate surface area is 162 Å². The van der Waals surface area contributed by atoms with E-state index in [1.54, 1.807) is 0 Å². The van der Waals surface area contributed by atoms with Crippen molar-refractivity contribution in [1.82, 2.24) is 14.5 Å². The van der Waals surface area contributed by atoms with Crippen LogP contribution in [0.1, 0.15) is 63.1 Å². The number of likely N-dealkylation sites (tertiary alicyclic amines) is 1. The van der Waals surface area contributed by atoms with E-state index in [-0.39, 0.29) is 0 Å². The van der Waals surface area contributed by atoms with Gasteiger partial charge in [-0.3, -0.25) is 4.79 Å². The van der Waals surface area contributed by atoms with Gasteiger partial charge in [0.05, 0.1) is 0 Å². The van der Waals surface area contributed by atoms with Crippen molar-refractivity contribution in [1.29, 1.82) is 0 Å². The summed E-state index contributed by atoms with van der Waals surface area (Å²) in [6, 6.07) is 10.9. The molecule has 0 unspecified atom stereocenters. The number of carbonyl (C=O) groups is 1. The van der Waals surface area contributed by atoms with Gasteiger partial charge in [-0.05, 0) is 32.1 Å². The largest absolute Gasteiger partial charge is 0.343 e. The smallest absolute Gasteiger partial charge is 0.222 e. The number of piperidine rings is 1. The fraction of sp³-hybridized carbons (Fsp3) is 0.565. The van der Waals surface area contributed by atoms with Gasteiger partial charge in [0.1, 0.15) is 5.82 Å². The van der Waals surface area contributed by atoms with Crippen LogP contribution in [0.3, 0.4) is 0 Å². The van der Waals surface area contributed by atoms with Crippen LogP contribution >= 0.6 is 0 Å². The van der Waals surface area contributed by atoms with Gasteiger partial charge in [0.15, 0.2) is 0 Å². The molecule has 1 aliphatic carbocycles. The minimum atomic E-state index is 0.367. The Hall–Kier alpha value is -2.10. The fourth-order valence-electron chi connectivity index (χ4n) is 4.87. The Morgan fingerprint density at radius 3 is 2.48 bits per heavy atom. The Kier molecular flexibility index (Phi) is 5.61. The molecule has 4 nitrogen and oxygen atoms in total. The lowest BCUT2D eigenvalue weighted by atomic mass is 9.99. The molecule has 0 radical (unpaired) electrons. The molecule has 144 valence electrons. The number of hydrogen-bond donors (Lipinski definition) is 0. The second-order valence-corrected chi connectivity index (χ2v) is 8.26. The minimum absolute atomic E-state index is 0.367. The molecule has 4 rings (SSSR count). The van der Waals surface area contributed by atoms with Crippen LogP contribution in [0, 0.1) is 12.8 Å². The van der Waals surface area contributed by atoms with E-state index >= 15 is 0 Å². The number of amides is 1. The van der Waals surface area contributed by atoms with Crippen LogP contribution in [0.2, 0.25) is 0 Å². The molecule has 0 N–H and O–H groups in total. The average Bonchev–Trinajstić information content (AvgIpc) is 3.36. The van der Waals surface area contributed by atoms with E-state index in [4.69, 9.17) is 0 Å². The second-order valence-electron chi connectivity index (χ2n) is 8.26. The van der Waals surface area contributed by atoms with Gasteiger partial charge < -0.3 is 9.47 Å². The molecule has 1 aliphatic heterocycles.